The molecular formula is C23H18ClN3O4S. The number of rotatable bonds is 6. The van der Waals surface area contributed by atoms with Crippen LogP contribution in [0.3, 0.4) is 0 Å². The molecule has 5 rings (SSSR count). The number of hydrogen-bond acceptors (Lipinski definition) is 7. The number of aryl methyl sites for hydroxylation is 1. The molecule has 2 N–H and O–H groups in total. The molecule has 0 fully saturated rings. The Hall–Kier alpha value is -3.36. The number of ether oxygens (including phenoxy) is 2. The van der Waals surface area contributed by atoms with E-state index in [1.165, 1.54) is 11.3 Å². The van der Waals surface area contributed by atoms with E-state index in [0.29, 0.717) is 23.2 Å². The van der Waals surface area contributed by atoms with E-state index < -0.39 is 5.97 Å². The van der Waals surface area contributed by atoms with Gasteiger partial charge in [-0.05, 0) is 43.2 Å². The lowest BCUT2D eigenvalue weighted by Gasteiger charge is -2.10. The molecule has 7 nitrogen and oxygen atoms in total. The van der Waals surface area contributed by atoms with E-state index >= 15 is 0 Å². The number of nitrogens with zero attached hydrogens (tertiary/aromatic N) is 2. The third-order valence-corrected chi connectivity index (χ3v) is 6.77. The van der Waals surface area contributed by atoms with E-state index in [4.69, 9.17) is 31.2 Å². The predicted octanol–water partition coefficient (Wildman–Crippen LogP) is 5.40. The summed E-state index contributed by atoms with van der Waals surface area (Å²) in [6, 6.07) is 12.4. The normalized spacial score (nSPS) is 12.3. The summed E-state index contributed by atoms with van der Waals surface area (Å²) >= 11 is 8.06. The number of carboxylic acids is 1. The molecule has 2 aromatic carbocycles. The van der Waals surface area contributed by atoms with Crippen LogP contribution in [0.15, 0.2) is 42.5 Å². The Morgan fingerprint density at radius 2 is 1.94 bits per heavy atom. The summed E-state index contributed by atoms with van der Waals surface area (Å²) in [6.45, 7) is 2.84. The Bertz CT molecular complexity index is 1340. The number of benzene rings is 2. The second-order valence-corrected chi connectivity index (χ2v) is 8.88. The summed E-state index contributed by atoms with van der Waals surface area (Å²) in [7, 11) is 0. The molecule has 0 saturated carbocycles. The molecule has 1 aliphatic rings. The van der Waals surface area contributed by atoms with Crippen molar-refractivity contribution in [2.75, 3.05) is 18.7 Å². The summed E-state index contributed by atoms with van der Waals surface area (Å²) in [5.41, 5.74) is 2.06. The molecule has 1 aliphatic heterocycles. The molecule has 4 aromatic rings. The Labute approximate surface area is 192 Å². The van der Waals surface area contributed by atoms with E-state index in [1.54, 1.807) is 24.3 Å². The smallest absolute Gasteiger partial charge is 0.335 e. The van der Waals surface area contributed by atoms with Gasteiger partial charge in [0, 0.05) is 17.0 Å². The van der Waals surface area contributed by atoms with Gasteiger partial charge in [0.05, 0.1) is 16.0 Å². The molecule has 0 atom stereocenters. The van der Waals surface area contributed by atoms with Crippen LogP contribution < -0.4 is 14.8 Å². The minimum atomic E-state index is -0.973. The Balaban J connectivity index is 1.43. The molecule has 32 heavy (non-hydrogen) atoms. The topological polar surface area (TPSA) is 93.6 Å². The van der Waals surface area contributed by atoms with Crippen molar-refractivity contribution in [3.8, 4) is 22.9 Å². The Morgan fingerprint density at radius 3 is 2.72 bits per heavy atom. The summed E-state index contributed by atoms with van der Waals surface area (Å²) < 4.78 is 10.8. The molecule has 0 spiro atoms. The van der Waals surface area contributed by atoms with Gasteiger partial charge in [0.2, 0.25) is 6.79 Å². The quantitative estimate of drug-likeness (QED) is 0.392. The van der Waals surface area contributed by atoms with Crippen molar-refractivity contribution in [2.45, 2.75) is 13.3 Å². The van der Waals surface area contributed by atoms with Crippen molar-refractivity contribution in [1.29, 1.82) is 0 Å². The van der Waals surface area contributed by atoms with E-state index in [-0.39, 0.29) is 12.4 Å². The van der Waals surface area contributed by atoms with Crippen molar-refractivity contribution < 1.29 is 19.4 Å². The van der Waals surface area contributed by atoms with Gasteiger partial charge in [0.1, 0.15) is 10.6 Å². The first-order valence-electron chi connectivity index (χ1n) is 9.92. The average Bonchev–Trinajstić information content (AvgIpc) is 3.37. The first-order chi connectivity index (χ1) is 15.5. The first-order valence-corrected chi connectivity index (χ1v) is 11.1. The second-order valence-electron chi connectivity index (χ2n) is 7.30. The molecule has 0 saturated heterocycles. The summed E-state index contributed by atoms with van der Waals surface area (Å²) in [5, 5.41) is 14.0. The second kappa shape index (κ2) is 8.29. The van der Waals surface area contributed by atoms with Gasteiger partial charge in [-0.3, -0.25) is 0 Å². The maximum Gasteiger partial charge on any atom is 0.335 e. The fourth-order valence-electron chi connectivity index (χ4n) is 3.52. The highest BCUT2D eigenvalue weighted by Gasteiger charge is 2.18. The summed E-state index contributed by atoms with van der Waals surface area (Å²) in [5.74, 6) is 1.72. The molecule has 0 amide bonds. The van der Waals surface area contributed by atoms with Crippen LogP contribution in [0.1, 0.15) is 20.8 Å². The van der Waals surface area contributed by atoms with Crippen molar-refractivity contribution in [2.24, 2.45) is 0 Å². The van der Waals surface area contributed by atoms with E-state index in [2.05, 4.69) is 10.3 Å². The number of halogens is 1. The van der Waals surface area contributed by atoms with E-state index in [9.17, 15) is 4.79 Å². The fourth-order valence-corrected chi connectivity index (χ4v) is 4.78. The van der Waals surface area contributed by atoms with Crippen LogP contribution in [0.5, 0.6) is 11.5 Å². The van der Waals surface area contributed by atoms with Crippen LogP contribution >= 0.6 is 22.9 Å². The number of hydrogen-bond donors (Lipinski definition) is 2. The van der Waals surface area contributed by atoms with Gasteiger partial charge in [0.15, 0.2) is 17.3 Å². The van der Waals surface area contributed by atoms with Crippen LogP contribution in [-0.4, -0.2) is 34.4 Å². The van der Waals surface area contributed by atoms with Crippen molar-refractivity contribution >= 4 is 44.9 Å². The average molecular weight is 468 g/mol. The lowest BCUT2D eigenvalue weighted by Crippen LogP contribution is -2.08. The highest BCUT2D eigenvalue weighted by molar-refractivity contribution is 7.19. The van der Waals surface area contributed by atoms with E-state index in [1.807, 2.05) is 25.1 Å². The number of nitrogens with one attached hydrogen (secondary N) is 1. The van der Waals surface area contributed by atoms with Crippen LogP contribution in [-0.2, 0) is 6.42 Å². The summed E-state index contributed by atoms with van der Waals surface area (Å²) in [4.78, 5) is 22.3. The van der Waals surface area contributed by atoms with Gasteiger partial charge in [-0.2, -0.15) is 0 Å². The largest absolute Gasteiger partial charge is 0.478 e. The van der Waals surface area contributed by atoms with Crippen LogP contribution in [0.2, 0.25) is 5.02 Å². The monoisotopic (exact) mass is 467 g/mol. The van der Waals surface area contributed by atoms with Crippen LogP contribution in [0.25, 0.3) is 21.6 Å². The zero-order chi connectivity index (χ0) is 22.2. The lowest BCUT2D eigenvalue weighted by molar-refractivity contribution is 0.0697. The predicted molar refractivity (Wildman–Crippen MR) is 124 cm³/mol. The number of fused-ring (bicyclic) bond motifs is 2. The van der Waals surface area contributed by atoms with Crippen LogP contribution in [0.4, 0.5) is 5.82 Å². The molecule has 0 bridgehead atoms. The molecule has 0 radical (unpaired) electrons. The van der Waals surface area contributed by atoms with Gasteiger partial charge >= 0.3 is 5.97 Å². The van der Waals surface area contributed by atoms with Crippen molar-refractivity contribution in [1.82, 2.24) is 9.97 Å². The summed E-state index contributed by atoms with van der Waals surface area (Å²) in [6.07, 6.45) is 0.755. The fraction of sp³-hybridized carbons (Fsp3) is 0.174. The maximum atomic E-state index is 11.1. The standard InChI is InChI=1S/C23H18ClN3O4S/c1-12-19(24)18-21(25-9-8-13-2-7-16-17(10-13)31-11-30-16)26-20(27-22(18)32-12)14-3-5-15(6-4-14)23(28)29/h2-7,10H,8-9,11H2,1H3,(H,28,29)(H,25,26,27). The molecule has 162 valence electrons. The van der Waals surface area contributed by atoms with Crippen molar-refractivity contribution in [3.63, 3.8) is 0 Å². The zero-order valence-corrected chi connectivity index (χ0v) is 18.6. The minimum Gasteiger partial charge on any atom is -0.478 e. The maximum absolute atomic E-state index is 11.1. The number of thiophene rings is 1. The molecule has 9 heteroatoms. The van der Waals surface area contributed by atoms with Gasteiger partial charge < -0.3 is 19.9 Å². The molecular weight excluding hydrogens is 450 g/mol. The Morgan fingerprint density at radius 1 is 1.16 bits per heavy atom. The SMILES string of the molecule is Cc1sc2nc(-c3ccc(C(=O)O)cc3)nc(NCCc3ccc4c(c3)OCO4)c2c1Cl. The minimum absolute atomic E-state index is 0.215. The number of aromatic nitrogens is 2. The molecule has 2 aromatic heterocycles. The van der Waals surface area contributed by atoms with Gasteiger partial charge in [0.25, 0.3) is 0 Å². The van der Waals surface area contributed by atoms with Gasteiger partial charge in [-0.25, -0.2) is 14.8 Å². The molecule has 3 heterocycles. The molecule has 0 aliphatic carbocycles. The Kier molecular flexibility index (Phi) is 5.32. The third kappa shape index (κ3) is 3.83. The molecule has 0 unspecified atom stereocenters. The van der Waals surface area contributed by atoms with Gasteiger partial charge in [-0.15, -0.1) is 11.3 Å². The number of carbonyl (C=O) groups is 1. The van der Waals surface area contributed by atoms with Gasteiger partial charge in [-0.1, -0.05) is 29.8 Å². The third-order valence-electron chi connectivity index (χ3n) is 5.19. The number of aromatic carboxylic acids is 1. The highest BCUT2D eigenvalue weighted by Crippen LogP contribution is 2.39. The number of carboxylic acid groups (broad SMARTS) is 1. The lowest BCUT2D eigenvalue weighted by atomic mass is 10.1. The zero-order valence-electron chi connectivity index (χ0n) is 17.0. The first kappa shape index (κ1) is 20.5. The number of anilines is 1. The van der Waals surface area contributed by atoms with Crippen LogP contribution in [0, 0.1) is 6.92 Å². The van der Waals surface area contributed by atoms with E-state index in [0.717, 1.165) is 44.1 Å². The van der Waals surface area contributed by atoms with Crippen molar-refractivity contribution in [3.05, 3.63) is 63.5 Å². The highest BCUT2D eigenvalue weighted by atomic mass is 35.5.